The number of carbonyl (C=O) groups excluding carboxylic acids is 1. The van der Waals surface area contributed by atoms with Crippen molar-refractivity contribution in [3.05, 3.63) is 35.5 Å². The number of amides is 1. The number of aryl methyl sites for hydroxylation is 2. The second-order valence-electron chi connectivity index (χ2n) is 6.31. The summed E-state index contributed by atoms with van der Waals surface area (Å²) in [5.41, 5.74) is 3.59. The fraction of sp³-hybridized carbons (Fsp3) is 0.500. The number of hydrogen-bond donors (Lipinski definition) is 2. The van der Waals surface area contributed by atoms with Crippen LogP contribution >= 0.6 is 0 Å². The summed E-state index contributed by atoms with van der Waals surface area (Å²) < 4.78 is 0. The van der Waals surface area contributed by atoms with Gasteiger partial charge >= 0.3 is 0 Å². The molecule has 1 saturated heterocycles. The Morgan fingerprint density at radius 3 is 2.78 bits per heavy atom. The van der Waals surface area contributed by atoms with E-state index in [0.29, 0.717) is 13.0 Å². The Hall–Kier alpha value is -1.85. The van der Waals surface area contributed by atoms with Gasteiger partial charge in [-0.05, 0) is 31.0 Å². The first-order chi connectivity index (χ1) is 11.2. The zero-order valence-electron chi connectivity index (χ0n) is 13.7. The highest BCUT2D eigenvalue weighted by atomic mass is 16.3. The third-order valence-electron chi connectivity index (χ3n) is 4.67. The normalized spacial score (nSPS) is 16.2. The lowest BCUT2D eigenvalue weighted by atomic mass is 10.1. The molecule has 1 aliphatic heterocycles. The van der Waals surface area contributed by atoms with Crippen LogP contribution in [0.4, 0.5) is 0 Å². The van der Waals surface area contributed by atoms with Crippen molar-refractivity contribution in [1.29, 1.82) is 0 Å². The molecule has 1 aromatic heterocycles. The van der Waals surface area contributed by atoms with Gasteiger partial charge in [0.15, 0.2) is 0 Å². The van der Waals surface area contributed by atoms with E-state index in [4.69, 9.17) is 5.11 Å². The molecule has 0 saturated carbocycles. The second-order valence-corrected chi connectivity index (χ2v) is 6.31. The van der Waals surface area contributed by atoms with Crippen molar-refractivity contribution in [2.75, 3.05) is 39.3 Å². The van der Waals surface area contributed by atoms with Crippen LogP contribution in [0.15, 0.2) is 24.4 Å². The summed E-state index contributed by atoms with van der Waals surface area (Å²) in [6.45, 7) is 6.24. The summed E-state index contributed by atoms with van der Waals surface area (Å²) in [6, 6.07) is 6.37. The number of benzene rings is 1. The molecule has 1 aliphatic rings. The number of piperazine rings is 1. The van der Waals surface area contributed by atoms with Crippen LogP contribution in [0.2, 0.25) is 0 Å². The minimum atomic E-state index is 0.188. The summed E-state index contributed by atoms with van der Waals surface area (Å²) in [5.74, 6) is 0.232. The van der Waals surface area contributed by atoms with E-state index < -0.39 is 0 Å². The molecule has 0 atom stereocenters. The van der Waals surface area contributed by atoms with E-state index in [0.717, 1.165) is 38.1 Å². The summed E-state index contributed by atoms with van der Waals surface area (Å²) in [7, 11) is 0. The monoisotopic (exact) mass is 315 g/mol. The number of nitrogens with zero attached hydrogens (tertiary/aromatic N) is 2. The first-order valence-electron chi connectivity index (χ1n) is 8.35. The molecule has 5 heteroatoms. The van der Waals surface area contributed by atoms with Crippen LogP contribution in [-0.2, 0) is 11.2 Å². The van der Waals surface area contributed by atoms with E-state index in [-0.39, 0.29) is 12.5 Å². The van der Waals surface area contributed by atoms with Crippen molar-refractivity contribution in [2.45, 2.75) is 19.8 Å². The van der Waals surface area contributed by atoms with Crippen molar-refractivity contribution in [3.63, 3.8) is 0 Å². The standard InChI is InChI=1S/C18H25N3O2/c1-14-2-4-17-16(12-14)15(13-19-17)3-5-18(23)21-8-6-20(7-9-21)10-11-22/h2,4,12-13,19,22H,3,5-11H2,1H3. The van der Waals surface area contributed by atoms with Crippen LogP contribution in [0.1, 0.15) is 17.5 Å². The number of carbonyl (C=O) groups is 1. The number of aromatic nitrogens is 1. The zero-order chi connectivity index (χ0) is 16.2. The molecule has 0 unspecified atom stereocenters. The van der Waals surface area contributed by atoms with Gasteiger partial charge in [-0.15, -0.1) is 0 Å². The highest BCUT2D eigenvalue weighted by Crippen LogP contribution is 2.21. The SMILES string of the molecule is Cc1ccc2[nH]cc(CCC(=O)N3CCN(CCO)CC3)c2c1. The van der Waals surface area contributed by atoms with E-state index in [1.54, 1.807) is 0 Å². The van der Waals surface area contributed by atoms with Gasteiger partial charge in [0.05, 0.1) is 6.61 Å². The zero-order valence-corrected chi connectivity index (χ0v) is 13.7. The lowest BCUT2D eigenvalue weighted by Gasteiger charge is -2.34. The van der Waals surface area contributed by atoms with Crippen LogP contribution in [0, 0.1) is 6.92 Å². The van der Waals surface area contributed by atoms with Gasteiger partial charge in [0.2, 0.25) is 5.91 Å². The molecule has 2 heterocycles. The quantitative estimate of drug-likeness (QED) is 0.880. The average molecular weight is 315 g/mol. The molecule has 1 fully saturated rings. The van der Waals surface area contributed by atoms with Crippen molar-refractivity contribution >= 4 is 16.8 Å². The molecule has 2 aromatic rings. The Balaban J connectivity index is 1.55. The number of rotatable bonds is 5. The molecular weight excluding hydrogens is 290 g/mol. The van der Waals surface area contributed by atoms with Crippen molar-refractivity contribution in [2.24, 2.45) is 0 Å². The lowest BCUT2D eigenvalue weighted by Crippen LogP contribution is -2.49. The van der Waals surface area contributed by atoms with Gasteiger partial charge in [-0.2, -0.15) is 0 Å². The summed E-state index contributed by atoms with van der Waals surface area (Å²) >= 11 is 0. The number of nitrogens with one attached hydrogen (secondary N) is 1. The number of hydrogen-bond acceptors (Lipinski definition) is 3. The molecule has 0 spiro atoms. The van der Waals surface area contributed by atoms with Crippen LogP contribution in [0.3, 0.4) is 0 Å². The van der Waals surface area contributed by atoms with Gasteiger partial charge in [-0.3, -0.25) is 9.69 Å². The maximum absolute atomic E-state index is 12.4. The molecule has 0 radical (unpaired) electrons. The summed E-state index contributed by atoms with van der Waals surface area (Å²) in [6.07, 6.45) is 3.36. The van der Waals surface area contributed by atoms with Crippen molar-refractivity contribution in [3.8, 4) is 0 Å². The predicted molar refractivity (Wildman–Crippen MR) is 91.5 cm³/mol. The molecule has 1 amide bonds. The molecule has 2 N–H and O–H groups in total. The van der Waals surface area contributed by atoms with Gasteiger partial charge in [0.25, 0.3) is 0 Å². The molecule has 5 nitrogen and oxygen atoms in total. The Kier molecular flexibility index (Phi) is 4.98. The highest BCUT2D eigenvalue weighted by molar-refractivity contribution is 5.85. The third-order valence-corrected chi connectivity index (χ3v) is 4.67. The Morgan fingerprint density at radius 1 is 1.26 bits per heavy atom. The Morgan fingerprint density at radius 2 is 2.04 bits per heavy atom. The van der Waals surface area contributed by atoms with Gasteiger partial charge in [-0.25, -0.2) is 0 Å². The summed E-state index contributed by atoms with van der Waals surface area (Å²) in [4.78, 5) is 19.8. The van der Waals surface area contributed by atoms with Gasteiger partial charge < -0.3 is 15.0 Å². The van der Waals surface area contributed by atoms with Gasteiger partial charge in [-0.1, -0.05) is 11.6 Å². The molecule has 1 aromatic carbocycles. The van der Waals surface area contributed by atoms with Gasteiger partial charge in [0, 0.05) is 56.2 Å². The summed E-state index contributed by atoms with van der Waals surface area (Å²) in [5, 5.41) is 10.2. The third kappa shape index (κ3) is 3.74. The number of β-amino-alcohol motifs (C(OH)–C–C–N with tert-alkyl or cyclic N) is 1. The number of aliphatic hydroxyl groups excluding tert-OH is 1. The van der Waals surface area contributed by atoms with E-state index in [1.807, 2.05) is 11.1 Å². The Labute approximate surface area is 136 Å². The predicted octanol–water partition coefficient (Wildman–Crippen LogP) is 1.55. The number of H-pyrrole nitrogens is 1. The Bertz CT molecular complexity index is 672. The van der Waals surface area contributed by atoms with Crippen LogP contribution in [-0.4, -0.2) is 65.1 Å². The number of fused-ring (bicyclic) bond motifs is 1. The molecule has 124 valence electrons. The average Bonchev–Trinajstić information content (AvgIpc) is 2.96. The van der Waals surface area contributed by atoms with Crippen molar-refractivity contribution in [1.82, 2.24) is 14.8 Å². The lowest BCUT2D eigenvalue weighted by molar-refractivity contribution is -0.132. The molecular formula is C18H25N3O2. The topological polar surface area (TPSA) is 59.6 Å². The van der Waals surface area contributed by atoms with E-state index in [1.165, 1.54) is 16.5 Å². The molecule has 3 rings (SSSR count). The van der Waals surface area contributed by atoms with Crippen LogP contribution < -0.4 is 0 Å². The first-order valence-corrected chi connectivity index (χ1v) is 8.35. The fourth-order valence-corrected chi connectivity index (χ4v) is 3.26. The number of aromatic amines is 1. The van der Waals surface area contributed by atoms with E-state index >= 15 is 0 Å². The fourth-order valence-electron chi connectivity index (χ4n) is 3.26. The molecule has 0 bridgehead atoms. The second kappa shape index (κ2) is 7.15. The molecule has 0 aliphatic carbocycles. The van der Waals surface area contributed by atoms with Crippen LogP contribution in [0.25, 0.3) is 10.9 Å². The highest BCUT2D eigenvalue weighted by Gasteiger charge is 2.20. The maximum Gasteiger partial charge on any atom is 0.222 e. The number of aliphatic hydroxyl groups is 1. The first kappa shape index (κ1) is 16.0. The smallest absolute Gasteiger partial charge is 0.222 e. The van der Waals surface area contributed by atoms with Crippen LogP contribution in [0.5, 0.6) is 0 Å². The van der Waals surface area contributed by atoms with E-state index in [2.05, 4.69) is 35.0 Å². The largest absolute Gasteiger partial charge is 0.395 e. The van der Waals surface area contributed by atoms with E-state index in [9.17, 15) is 4.79 Å². The minimum Gasteiger partial charge on any atom is -0.395 e. The minimum absolute atomic E-state index is 0.188. The molecule has 23 heavy (non-hydrogen) atoms. The maximum atomic E-state index is 12.4. The van der Waals surface area contributed by atoms with Gasteiger partial charge in [0.1, 0.15) is 0 Å². The van der Waals surface area contributed by atoms with Crippen molar-refractivity contribution < 1.29 is 9.90 Å².